The summed E-state index contributed by atoms with van der Waals surface area (Å²) in [5, 5.41) is 0. The summed E-state index contributed by atoms with van der Waals surface area (Å²) in [5.41, 5.74) is 0. The molecular formula is C5H12OY. The molecule has 0 bridgehead atoms. The molecule has 0 aliphatic heterocycles. The molecule has 0 aliphatic carbocycles. The molecule has 0 heterocycles. The van der Waals surface area contributed by atoms with Crippen LogP contribution in [0.3, 0.4) is 0 Å². The average molecular weight is 177 g/mol. The molecule has 0 rings (SSSR count). The third-order valence-electron chi connectivity index (χ3n) is 0. The van der Waals surface area contributed by atoms with E-state index in [-0.39, 0.29) is 38.5 Å². The fourth-order valence-corrected chi connectivity index (χ4v) is 0. The van der Waals surface area contributed by atoms with Gasteiger partial charge in [-0.2, -0.15) is 0 Å². The van der Waals surface area contributed by atoms with Crippen LogP contribution in [0.5, 0.6) is 0 Å². The predicted octanol–water partition coefficient (Wildman–Crippen LogP) is 1.62. The molecule has 0 atom stereocenters. The summed E-state index contributed by atoms with van der Waals surface area (Å²) >= 11 is 0. The Morgan fingerprint density at radius 2 is 1.14 bits per heavy atom. The normalized spacial score (nSPS) is 4.57. The summed E-state index contributed by atoms with van der Waals surface area (Å²) in [6.45, 7) is 7.06. The van der Waals surface area contributed by atoms with E-state index in [0.717, 1.165) is 0 Å². The van der Waals surface area contributed by atoms with Crippen LogP contribution in [0.2, 0.25) is 0 Å². The van der Waals surface area contributed by atoms with Gasteiger partial charge >= 0.3 is 0 Å². The van der Waals surface area contributed by atoms with E-state index < -0.39 is 0 Å². The monoisotopic (exact) mass is 177 g/mol. The Hall–Kier alpha value is 0.774. The molecule has 0 aromatic carbocycles. The SMILES string of the molecule is CC.CC(C)=O.[Y]. The van der Waals surface area contributed by atoms with Crippen molar-refractivity contribution in [2.24, 2.45) is 0 Å². The maximum Gasteiger partial charge on any atom is 0.126 e. The minimum Gasteiger partial charge on any atom is -0.300 e. The van der Waals surface area contributed by atoms with Gasteiger partial charge in [0.05, 0.1) is 0 Å². The molecule has 1 nitrogen and oxygen atoms in total. The van der Waals surface area contributed by atoms with Crippen LogP contribution in [0, 0.1) is 0 Å². The summed E-state index contributed by atoms with van der Waals surface area (Å²) in [7, 11) is 0. The van der Waals surface area contributed by atoms with E-state index in [4.69, 9.17) is 0 Å². The minimum absolute atomic E-state index is 0. The molecule has 1 radical (unpaired) electrons. The molecule has 0 aromatic rings. The van der Waals surface area contributed by atoms with Crippen molar-refractivity contribution in [2.75, 3.05) is 0 Å². The van der Waals surface area contributed by atoms with Crippen LogP contribution in [0.25, 0.3) is 0 Å². The number of carbonyl (C=O) groups is 1. The van der Waals surface area contributed by atoms with Crippen LogP contribution in [-0.4, -0.2) is 5.78 Å². The van der Waals surface area contributed by atoms with Crippen LogP contribution in [0.1, 0.15) is 27.7 Å². The first-order valence-electron chi connectivity index (χ1n) is 2.20. The molecule has 0 aliphatic rings. The maximum atomic E-state index is 9.44. The molecule has 0 N–H and O–H groups in total. The second kappa shape index (κ2) is 15.9. The van der Waals surface area contributed by atoms with Gasteiger partial charge in [0.25, 0.3) is 0 Å². The van der Waals surface area contributed by atoms with Gasteiger partial charge in [0.1, 0.15) is 5.78 Å². The molecule has 0 fully saturated rings. The van der Waals surface area contributed by atoms with Crippen LogP contribution in [0.4, 0.5) is 0 Å². The fourth-order valence-electron chi connectivity index (χ4n) is 0. The molecule has 0 unspecified atom stereocenters. The van der Waals surface area contributed by atoms with E-state index in [9.17, 15) is 4.79 Å². The first-order chi connectivity index (χ1) is 2.73. The van der Waals surface area contributed by atoms with E-state index in [2.05, 4.69) is 0 Å². The van der Waals surface area contributed by atoms with Gasteiger partial charge in [0.15, 0.2) is 0 Å². The Labute approximate surface area is 70.8 Å². The summed E-state index contributed by atoms with van der Waals surface area (Å²) in [6.07, 6.45) is 0. The summed E-state index contributed by atoms with van der Waals surface area (Å²) in [5.74, 6) is 0.167. The average Bonchev–Trinajstić information content (AvgIpc) is 1.41. The van der Waals surface area contributed by atoms with Gasteiger partial charge in [-0.1, -0.05) is 13.8 Å². The summed E-state index contributed by atoms with van der Waals surface area (Å²) in [6, 6.07) is 0. The zero-order valence-electron chi connectivity index (χ0n) is 5.49. The third kappa shape index (κ3) is 258. The number of Topliss-reactive ketones (excluding diaryl/α,β-unsaturated/α-hetero) is 1. The molecule has 2 heteroatoms. The molecule has 0 saturated carbocycles. The van der Waals surface area contributed by atoms with E-state index in [0.29, 0.717) is 0 Å². The Kier molecular flexibility index (Phi) is 35.5. The van der Waals surface area contributed by atoms with E-state index in [1.54, 1.807) is 0 Å². The minimum atomic E-state index is 0. The van der Waals surface area contributed by atoms with Gasteiger partial charge in [0.2, 0.25) is 0 Å². The van der Waals surface area contributed by atoms with Crippen molar-refractivity contribution in [3.8, 4) is 0 Å². The molecular weight excluding hydrogens is 165 g/mol. The summed E-state index contributed by atoms with van der Waals surface area (Å²) < 4.78 is 0. The zero-order valence-corrected chi connectivity index (χ0v) is 8.32. The molecule has 0 saturated heterocycles. The fraction of sp³-hybridized carbons (Fsp3) is 0.800. The topological polar surface area (TPSA) is 17.1 Å². The number of rotatable bonds is 0. The molecule has 7 heavy (non-hydrogen) atoms. The van der Waals surface area contributed by atoms with Crippen molar-refractivity contribution >= 4 is 5.78 Å². The van der Waals surface area contributed by atoms with Gasteiger partial charge in [-0.25, -0.2) is 0 Å². The standard InChI is InChI=1S/C3H6O.C2H6.Y/c1-3(2)4;1-2;/h1-2H3;1-2H3;. The second-order valence-corrected chi connectivity index (χ2v) is 0.908. The van der Waals surface area contributed by atoms with Gasteiger partial charge in [-0.15, -0.1) is 0 Å². The maximum absolute atomic E-state index is 9.44. The predicted molar refractivity (Wildman–Crippen MR) is 27.7 cm³/mol. The second-order valence-electron chi connectivity index (χ2n) is 0.908. The van der Waals surface area contributed by atoms with Gasteiger partial charge in [0, 0.05) is 32.7 Å². The summed E-state index contributed by atoms with van der Waals surface area (Å²) in [4.78, 5) is 9.44. The van der Waals surface area contributed by atoms with Crippen molar-refractivity contribution in [1.29, 1.82) is 0 Å². The van der Waals surface area contributed by atoms with Crippen LogP contribution in [-0.2, 0) is 37.5 Å². The van der Waals surface area contributed by atoms with Crippen molar-refractivity contribution in [1.82, 2.24) is 0 Å². The molecule has 41 valence electrons. The third-order valence-corrected chi connectivity index (χ3v) is 0. The van der Waals surface area contributed by atoms with Gasteiger partial charge in [-0.3, -0.25) is 0 Å². The Balaban J connectivity index is -0.0000000480. The number of hydrogen-bond donors (Lipinski definition) is 0. The Bertz CT molecular complexity index is 31.1. The zero-order chi connectivity index (χ0) is 5.58. The first-order valence-corrected chi connectivity index (χ1v) is 2.20. The molecule has 0 aromatic heterocycles. The largest absolute Gasteiger partial charge is 0.300 e. The quantitative estimate of drug-likeness (QED) is 0.549. The number of carbonyl (C=O) groups excluding carboxylic acids is 1. The van der Waals surface area contributed by atoms with Crippen molar-refractivity contribution in [3.05, 3.63) is 0 Å². The van der Waals surface area contributed by atoms with E-state index >= 15 is 0 Å². The van der Waals surface area contributed by atoms with Crippen LogP contribution >= 0.6 is 0 Å². The smallest absolute Gasteiger partial charge is 0.126 e. The Morgan fingerprint density at radius 1 is 1.14 bits per heavy atom. The Morgan fingerprint density at radius 3 is 1.14 bits per heavy atom. The van der Waals surface area contributed by atoms with Gasteiger partial charge in [-0.05, 0) is 13.8 Å². The van der Waals surface area contributed by atoms with Crippen LogP contribution < -0.4 is 0 Å². The van der Waals surface area contributed by atoms with Gasteiger partial charge < -0.3 is 4.79 Å². The van der Waals surface area contributed by atoms with Crippen molar-refractivity contribution < 1.29 is 37.5 Å². The van der Waals surface area contributed by atoms with E-state index in [1.807, 2.05) is 13.8 Å². The van der Waals surface area contributed by atoms with Crippen molar-refractivity contribution in [2.45, 2.75) is 27.7 Å². The first kappa shape index (κ1) is 15.7. The molecule has 0 spiro atoms. The van der Waals surface area contributed by atoms with Crippen molar-refractivity contribution in [3.63, 3.8) is 0 Å². The number of ketones is 1. The number of hydrogen-bond acceptors (Lipinski definition) is 1. The van der Waals surface area contributed by atoms with E-state index in [1.165, 1.54) is 13.8 Å². The van der Waals surface area contributed by atoms with Crippen LogP contribution in [0.15, 0.2) is 0 Å². The molecule has 0 amide bonds.